The minimum atomic E-state index is -4.73. The molecule has 0 radical (unpaired) electrons. The van der Waals surface area contributed by atoms with Crippen LogP contribution in [0.4, 0.5) is 18.9 Å². The van der Waals surface area contributed by atoms with Crippen molar-refractivity contribution in [1.82, 2.24) is 0 Å². The Morgan fingerprint density at radius 3 is 2.29 bits per heavy atom. The summed E-state index contributed by atoms with van der Waals surface area (Å²) in [6.45, 7) is 0. The number of nitrogens with two attached hydrogens (primary N) is 1. The van der Waals surface area contributed by atoms with Crippen molar-refractivity contribution < 1.29 is 23.1 Å². The van der Waals surface area contributed by atoms with Crippen molar-refractivity contribution in [2.45, 2.75) is 11.1 Å². The number of nitrogen functional groups attached to an aromatic ring is 1. The van der Waals surface area contributed by atoms with E-state index in [0.717, 1.165) is 11.8 Å². The van der Waals surface area contributed by atoms with Crippen molar-refractivity contribution in [3.8, 4) is 0 Å². The number of benzene rings is 1. The quantitative estimate of drug-likeness (QED) is 0.649. The highest BCUT2D eigenvalue weighted by Crippen LogP contribution is 2.32. The molecule has 1 atom stereocenters. The first-order chi connectivity index (χ1) is 7.80. The second kappa shape index (κ2) is 5.31. The van der Waals surface area contributed by atoms with Gasteiger partial charge >= 0.3 is 12.1 Å². The molecule has 1 aromatic carbocycles. The van der Waals surface area contributed by atoms with Gasteiger partial charge in [0.05, 0.1) is 0 Å². The Hall–Kier alpha value is -1.37. The summed E-state index contributed by atoms with van der Waals surface area (Å²) in [5, 5.41) is 8.48. The maximum atomic E-state index is 12.3. The zero-order valence-electron chi connectivity index (χ0n) is 8.57. The number of halogens is 3. The van der Waals surface area contributed by atoms with Crippen LogP contribution in [0.2, 0.25) is 0 Å². The Morgan fingerprint density at radius 1 is 1.35 bits per heavy atom. The Bertz CT molecular complexity index is 392. The van der Waals surface area contributed by atoms with E-state index in [-0.39, 0.29) is 0 Å². The fourth-order valence-corrected chi connectivity index (χ4v) is 2.07. The molecule has 0 spiro atoms. The van der Waals surface area contributed by atoms with E-state index < -0.39 is 23.8 Å². The lowest BCUT2D eigenvalue weighted by Gasteiger charge is -2.15. The molecule has 0 fully saturated rings. The number of alkyl halides is 3. The molecule has 1 unspecified atom stereocenters. The number of carboxylic acids is 1. The van der Waals surface area contributed by atoms with Gasteiger partial charge in [-0.1, -0.05) is 0 Å². The highest BCUT2D eigenvalue weighted by atomic mass is 32.2. The zero-order chi connectivity index (χ0) is 13.1. The number of hydrogen-bond donors (Lipinski definition) is 2. The first kappa shape index (κ1) is 13.7. The third-order valence-electron chi connectivity index (χ3n) is 1.99. The fourth-order valence-electron chi connectivity index (χ4n) is 1.05. The van der Waals surface area contributed by atoms with Crippen LogP contribution in [-0.4, -0.2) is 23.0 Å². The molecule has 17 heavy (non-hydrogen) atoms. The minimum Gasteiger partial charge on any atom is -0.481 e. The minimum absolute atomic E-state index is 0.500. The molecule has 0 aliphatic heterocycles. The molecule has 3 N–H and O–H groups in total. The zero-order valence-corrected chi connectivity index (χ0v) is 9.39. The molecular weight excluding hydrogens is 255 g/mol. The second-order valence-electron chi connectivity index (χ2n) is 3.31. The summed E-state index contributed by atoms with van der Waals surface area (Å²) in [5.74, 6) is -4.77. The number of carboxylic acid groups (broad SMARTS) is 1. The Kier molecular flexibility index (Phi) is 4.28. The molecule has 1 aromatic rings. The normalized spacial score (nSPS) is 13.4. The van der Waals surface area contributed by atoms with E-state index in [1.807, 2.05) is 0 Å². The maximum absolute atomic E-state index is 12.3. The molecule has 0 heterocycles. The van der Waals surface area contributed by atoms with E-state index >= 15 is 0 Å². The molecule has 0 saturated heterocycles. The molecule has 0 saturated carbocycles. The topological polar surface area (TPSA) is 63.3 Å². The summed E-state index contributed by atoms with van der Waals surface area (Å²) in [5.41, 5.74) is 5.92. The predicted octanol–water partition coefficient (Wildman–Crippen LogP) is 2.62. The van der Waals surface area contributed by atoms with Crippen molar-refractivity contribution in [2.75, 3.05) is 11.5 Å². The van der Waals surface area contributed by atoms with Gasteiger partial charge in [0, 0.05) is 16.3 Å². The third-order valence-corrected chi connectivity index (χ3v) is 3.10. The molecule has 0 aliphatic carbocycles. The smallest absolute Gasteiger partial charge is 0.403 e. The number of thioether (sulfide) groups is 1. The van der Waals surface area contributed by atoms with E-state index in [0.29, 0.717) is 10.6 Å². The molecular formula is C10H10F3NO2S. The lowest BCUT2D eigenvalue weighted by atomic mass is 10.2. The largest absolute Gasteiger partial charge is 0.481 e. The van der Waals surface area contributed by atoms with Crippen LogP contribution >= 0.6 is 11.8 Å². The highest BCUT2D eigenvalue weighted by Gasteiger charge is 2.44. The Balaban J connectivity index is 2.65. The van der Waals surface area contributed by atoms with Gasteiger partial charge in [-0.2, -0.15) is 13.2 Å². The lowest BCUT2D eigenvalue weighted by molar-refractivity contribution is -0.188. The SMILES string of the molecule is Nc1ccc(SCC(C(=O)O)C(F)(F)F)cc1. The fraction of sp³-hybridized carbons (Fsp3) is 0.300. The first-order valence-corrected chi connectivity index (χ1v) is 5.57. The van der Waals surface area contributed by atoms with Crippen LogP contribution in [-0.2, 0) is 4.79 Å². The van der Waals surface area contributed by atoms with Gasteiger partial charge in [-0.25, -0.2) is 0 Å². The molecule has 0 bridgehead atoms. The number of hydrogen-bond acceptors (Lipinski definition) is 3. The van der Waals surface area contributed by atoms with Gasteiger partial charge in [0.2, 0.25) is 0 Å². The Morgan fingerprint density at radius 2 is 1.88 bits per heavy atom. The van der Waals surface area contributed by atoms with Crippen molar-refractivity contribution in [2.24, 2.45) is 5.92 Å². The van der Waals surface area contributed by atoms with Crippen LogP contribution in [0.5, 0.6) is 0 Å². The summed E-state index contributed by atoms with van der Waals surface area (Å²) < 4.78 is 37.0. The van der Waals surface area contributed by atoms with Crippen molar-refractivity contribution in [3.05, 3.63) is 24.3 Å². The van der Waals surface area contributed by atoms with Gasteiger partial charge in [0.25, 0.3) is 0 Å². The van der Waals surface area contributed by atoms with Crippen molar-refractivity contribution in [3.63, 3.8) is 0 Å². The van der Waals surface area contributed by atoms with E-state index in [9.17, 15) is 18.0 Å². The van der Waals surface area contributed by atoms with Crippen molar-refractivity contribution in [1.29, 1.82) is 0 Å². The number of rotatable bonds is 4. The summed E-state index contributed by atoms with van der Waals surface area (Å²) in [7, 11) is 0. The summed E-state index contributed by atoms with van der Waals surface area (Å²) in [4.78, 5) is 11.0. The average Bonchev–Trinajstić information content (AvgIpc) is 2.18. The lowest BCUT2D eigenvalue weighted by Crippen LogP contribution is -2.32. The molecule has 0 aliphatic rings. The van der Waals surface area contributed by atoms with E-state index in [1.165, 1.54) is 0 Å². The van der Waals surface area contributed by atoms with Gasteiger partial charge in [-0.05, 0) is 24.3 Å². The number of carbonyl (C=O) groups is 1. The molecule has 0 aromatic heterocycles. The highest BCUT2D eigenvalue weighted by molar-refractivity contribution is 7.99. The third kappa shape index (κ3) is 4.18. The van der Waals surface area contributed by atoms with Crippen LogP contribution in [0.1, 0.15) is 0 Å². The summed E-state index contributed by atoms with van der Waals surface area (Å²) in [6, 6.07) is 6.20. The van der Waals surface area contributed by atoms with Gasteiger partial charge in [0.15, 0.2) is 5.92 Å². The molecule has 1 rings (SSSR count). The van der Waals surface area contributed by atoms with Gasteiger partial charge < -0.3 is 10.8 Å². The van der Waals surface area contributed by atoms with E-state index in [1.54, 1.807) is 24.3 Å². The molecule has 0 amide bonds. The number of anilines is 1. The summed E-state index contributed by atoms with van der Waals surface area (Å²) >= 11 is 0.836. The standard InChI is InChI=1S/C10H10F3NO2S/c11-10(12,13)8(9(15)16)5-17-7-3-1-6(14)2-4-7/h1-4,8H,5,14H2,(H,15,16). The average molecular weight is 265 g/mol. The monoisotopic (exact) mass is 265 g/mol. The molecule has 94 valence electrons. The van der Waals surface area contributed by atoms with Crippen LogP contribution in [0, 0.1) is 5.92 Å². The van der Waals surface area contributed by atoms with Crippen LogP contribution in [0.3, 0.4) is 0 Å². The van der Waals surface area contributed by atoms with Gasteiger partial charge in [-0.15, -0.1) is 11.8 Å². The van der Waals surface area contributed by atoms with Gasteiger partial charge in [-0.3, -0.25) is 4.79 Å². The Labute approximate surface area is 99.8 Å². The van der Waals surface area contributed by atoms with Crippen LogP contribution in [0.25, 0.3) is 0 Å². The maximum Gasteiger partial charge on any atom is 0.403 e. The predicted molar refractivity (Wildman–Crippen MR) is 58.8 cm³/mol. The number of aliphatic carboxylic acids is 1. The van der Waals surface area contributed by atoms with Crippen molar-refractivity contribution >= 4 is 23.4 Å². The molecule has 7 heteroatoms. The van der Waals surface area contributed by atoms with E-state index in [4.69, 9.17) is 10.8 Å². The first-order valence-electron chi connectivity index (χ1n) is 4.58. The van der Waals surface area contributed by atoms with E-state index in [2.05, 4.69) is 0 Å². The summed E-state index contributed by atoms with van der Waals surface area (Å²) in [6.07, 6.45) is -4.73. The second-order valence-corrected chi connectivity index (χ2v) is 4.41. The van der Waals surface area contributed by atoms with Crippen LogP contribution in [0.15, 0.2) is 29.2 Å². The van der Waals surface area contributed by atoms with Gasteiger partial charge in [0.1, 0.15) is 0 Å². The van der Waals surface area contributed by atoms with Crippen LogP contribution < -0.4 is 5.73 Å². The molecule has 3 nitrogen and oxygen atoms in total.